The van der Waals surface area contributed by atoms with Crippen LogP contribution in [-0.2, 0) is 11.2 Å². The molecule has 0 aliphatic carbocycles. The molecule has 0 spiro atoms. The van der Waals surface area contributed by atoms with Crippen molar-refractivity contribution in [2.45, 2.75) is 6.42 Å². The highest BCUT2D eigenvalue weighted by molar-refractivity contribution is 7.14. The molecule has 7 nitrogen and oxygen atoms in total. The second-order valence-corrected chi connectivity index (χ2v) is 5.14. The topological polar surface area (TPSA) is 105 Å². The standard InChI is InChI=1S/C10H6Cl2N4O3S/c11-6-2-5(8(12)16-15-6)9(19)14-10-13-4(3-20-10)1-7(17)18/h2-3H,1H2,(H,17,18)(H,13,14,19). The number of carboxylic acids is 1. The van der Waals surface area contributed by atoms with Gasteiger partial charge in [-0.2, -0.15) is 0 Å². The molecule has 2 aromatic rings. The average Bonchev–Trinajstić information content (AvgIpc) is 2.78. The predicted octanol–water partition coefficient (Wildman–Crippen LogP) is 2.12. The zero-order valence-electron chi connectivity index (χ0n) is 9.63. The highest BCUT2D eigenvalue weighted by Gasteiger charge is 2.15. The molecule has 0 unspecified atom stereocenters. The van der Waals surface area contributed by atoms with Gasteiger partial charge in [-0.25, -0.2) is 4.98 Å². The van der Waals surface area contributed by atoms with Crippen LogP contribution in [-0.4, -0.2) is 32.2 Å². The van der Waals surface area contributed by atoms with Gasteiger partial charge in [-0.3, -0.25) is 14.9 Å². The van der Waals surface area contributed by atoms with E-state index in [2.05, 4.69) is 20.5 Å². The Bertz CT molecular complexity index is 676. The SMILES string of the molecule is O=C(O)Cc1csc(NC(=O)c2cc(Cl)nnc2Cl)n1. The summed E-state index contributed by atoms with van der Waals surface area (Å²) in [5.74, 6) is -1.55. The highest BCUT2D eigenvalue weighted by atomic mass is 35.5. The van der Waals surface area contributed by atoms with Gasteiger partial charge in [0.05, 0.1) is 17.7 Å². The van der Waals surface area contributed by atoms with Gasteiger partial charge < -0.3 is 5.11 Å². The fraction of sp³-hybridized carbons (Fsp3) is 0.100. The fourth-order valence-electron chi connectivity index (χ4n) is 1.28. The van der Waals surface area contributed by atoms with Gasteiger partial charge in [-0.1, -0.05) is 23.2 Å². The number of thiazole rings is 1. The predicted molar refractivity (Wildman–Crippen MR) is 73.5 cm³/mol. The third-order valence-corrected chi connectivity index (χ3v) is 3.34. The van der Waals surface area contributed by atoms with E-state index in [1.165, 1.54) is 6.07 Å². The number of amides is 1. The zero-order chi connectivity index (χ0) is 14.7. The van der Waals surface area contributed by atoms with E-state index in [4.69, 9.17) is 28.3 Å². The van der Waals surface area contributed by atoms with Gasteiger partial charge in [0.2, 0.25) is 0 Å². The van der Waals surface area contributed by atoms with Gasteiger partial charge in [0.15, 0.2) is 15.4 Å². The van der Waals surface area contributed by atoms with Crippen LogP contribution in [0.3, 0.4) is 0 Å². The van der Waals surface area contributed by atoms with Crippen LogP contribution in [0.25, 0.3) is 0 Å². The Hall–Kier alpha value is -1.77. The molecule has 10 heteroatoms. The van der Waals surface area contributed by atoms with Crippen LogP contribution in [0.2, 0.25) is 10.3 Å². The maximum absolute atomic E-state index is 11.9. The number of hydrogen-bond donors (Lipinski definition) is 2. The van der Waals surface area contributed by atoms with Gasteiger partial charge in [0, 0.05) is 5.38 Å². The average molecular weight is 333 g/mol. The molecule has 0 atom stereocenters. The van der Waals surface area contributed by atoms with E-state index in [9.17, 15) is 9.59 Å². The minimum atomic E-state index is -0.999. The molecule has 2 aromatic heterocycles. The lowest BCUT2D eigenvalue weighted by molar-refractivity contribution is -0.136. The first-order chi connectivity index (χ1) is 9.45. The maximum Gasteiger partial charge on any atom is 0.309 e. The molecule has 0 aliphatic rings. The summed E-state index contributed by atoms with van der Waals surface area (Å²) in [7, 11) is 0. The molecule has 104 valence electrons. The van der Waals surface area contributed by atoms with Crippen molar-refractivity contribution in [3.8, 4) is 0 Å². The van der Waals surface area contributed by atoms with Gasteiger partial charge in [-0.15, -0.1) is 21.5 Å². The molecule has 0 bridgehead atoms. The molecule has 0 saturated heterocycles. The largest absolute Gasteiger partial charge is 0.481 e. The van der Waals surface area contributed by atoms with E-state index in [1.54, 1.807) is 5.38 Å². The van der Waals surface area contributed by atoms with Gasteiger partial charge in [-0.05, 0) is 6.07 Å². The molecule has 0 fully saturated rings. The van der Waals surface area contributed by atoms with Crippen LogP contribution in [0.1, 0.15) is 16.1 Å². The first kappa shape index (κ1) is 14.6. The number of anilines is 1. The fourth-order valence-corrected chi connectivity index (χ4v) is 2.31. The van der Waals surface area contributed by atoms with E-state index >= 15 is 0 Å². The zero-order valence-corrected chi connectivity index (χ0v) is 12.0. The van der Waals surface area contributed by atoms with Crippen LogP contribution in [0.5, 0.6) is 0 Å². The number of aliphatic carboxylic acids is 1. The summed E-state index contributed by atoms with van der Waals surface area (Å²) in [6.07, 6.45) is -0.213. The van der Waals surface area contributed by atoms with Crippen molar-refractivity contribution in [3.63, 3.8) is 0 Å². The number of carbonyl (C=O) groups is 2. The van der Waals surface area contributed by atoms with E-state index in [1.807, 2.05) is 0 Å². The molecule has 2 N–H and O–H groups in total. The monoisotopic (exact) mass is 332 g/mol. The van der Waals surface area contributed by atoms with Gasteiger partial charge in [0.1, 0.15) is 0 Å². The molecular formula is C10H6Cl2N4O3S. The van der Waals surface area contributed by atoms with E-state index in [-0.39, 0.29) is 27.4 Å². The molecule has 0 saturated carbocycles. The Balaban J connectivity index is 2.13. The molecular weight excluding hydrogens is 327 g/mol. The lowest BCUT2D eigenvalue weighted by atomic mass is 10.3. The Morgan fingerprint density at radius 3 is 2.80 bits per heavy atom. The number of carbonyl (C=O) groups excluding carboxylic acids is 1. The van der Waals surface area contributed by atoms with E-state index < -0.39 is 11.9 Å². The molecule has 2 heterocycles. The summed E-state index contributed by atoms with van der Waals surface area (Å²) < 4.78 is 0. The van der Waals surface area contributed by atoms with Crippen LogP contribution in [0.4, 0.5) is 5.13 Å². The second kappa shape index (κ2) is 6.12. The molecule has 0 aliphatic heterocycles. The minimum absolute atomic E-state index is 0.0326. The first-order valence-corrected chi connectivity index (χ1v) is 6.75. The summed E-state index contributed by atoms with van der Waals surface area (Å²) in [5, 5.41) is 19.9. The summed E-state index contributed by atoms with van der Waals surface area (Å²) in [5.41, 5.74) is 0.413. The molecule has 20 heavy (non-hydrogen) atoms. The quantitative estimate of drug-likeness (QED) is 0.888. The summed E-state index contributed by atoms with van der Waals surface area (Å²) in [6, 6.07) is 1.28. The maximum atomic E-state index is 11.9. The van der Waals surface area contributed by atoms with Crippen molar-refractivity contribution in [2.24, 2.45) is 0 Å². The molecule has 2 rings (SSSR count). The van der Waals surface area contributed by atoms with Crippen molar-refractivity contribution < 1.29 is 14.7 Å². The minimum Gasteiger partial charge on any atom is -0.481 e. The smallest absolute Gasteiger partial charge is 0.309 e. The third-order valence-electron chi connectivity index (χ3n) is 2.07. The lowest BCUT2D eigenvalue weighted by Gasteiger charge is -2.02. The van der Waals surface area contributed by atoms with Gasteiger partial charge >= 0.3 is 5.97 Å². The van der Waals surface area contributed by atoms with Crippen molar-refractivity contribution in [2.75, 3.05) is 5.32 Å². The summed E-state index contributed by atoms with van der Waals surface area (Å²) in [4.78, 5) is 26.4. The Kier molecular flexibility index (Phi) is 4.48. The molecule has 0 radical (unpaired) electrons. The number of halogens is 2. The van der Waals surface area contributed by atoms with Crippen LogP contribution in [0, 0.1) is 0 Å². The number of carboxylic acid groups (broad SMARTS) is 1. The van der Waals surface area contributed by atoms with Crippen molar-refractivity contribution >= 4 is 51.5 Å². The molecule has 0 aromatic carbocycles. The number of nitrogens with one attached hydrogen (secondary N) is 1. The Morgan fingerprint density at radius 1 is 1.35 bits per heavy atom. The van der Waals surface area contributed by atoms with E-state index in [0.717, 1.165) is 11.3 Å². The van der Waals surface area contributed by atoms with Crippen LogP contribution in [0.15, 0.2) is 11.4 Å². The van der Waals surface area contributed by atoms with Gasteiger partial charge in [0.25, 0.3) is 5.91 Å². The number of rotatable bonds is 4. The third kappa shape index (κ3) is 3.62. The highest BCUT2D eigenvalue weighted by Crippen LogP contribution is 2.20. The van der Waals surface area contributed by atoms with Crippen LogP contribution >= 0.6 is 34.5 Å². The first-order valence-electron chi connectivity index (χ1n) is 5.12. The number of hydrogen-bond acceptors (Lipinski definition) is 6. The van der Waals surface area contributed by atoms with Crippen molar-refractivity contribution in [3.05, 3.63) is 33.0 Å². The number of nitrogens with zero attached hydrogens (tertiary/aromatic N) is 3. The summed E-state index contributed by atoms with van der Waals surface area (Å²) in [6.45, 7) is 0. The normalized spacial score (nSPS) is 10.3. The summed E-state index contributed by atoms with van der Waals surface area (Å²) >= 11 is 12.5. The van der Waals surface area contributed by atoms with Crippen molar-refractivity contribution in [1.82, 2.24) is 15.2 Å². The van der Waals surface area contributed by atoms with Crippen LogP contribution < -0.4 is 5.32 Å². The van der Waals surface area contributed by atoms with E-state index in [0.29, 0.717) is 5.69 Å². The Morgan fingerprint density at radius 2 is 2.10 bits per heavy atom. The second-order valence-electron chi connectivity index (χ2n) is 3.54. The Labute approximate surface area is 126 Å². The van der Waals surface area contributed by atoms with Crippen molar-refractivity contribution in [1.29, 1.82) is 0 Å². The lowest BCUT2D eigenvalue weighted by Crippen LogP contribution is -2.13. The number of aromatic nitrogens is 3. The molecule has 1 amide bonds.